The van der Waals surface area contributed by atoms with Crippen LogP contribution in [-0.4, -0.2) is 25.5 Å². The largest absolute Gasteiger partial charge is 0.466 e. The van der Waals surface area contributed by atoms with Gasteiger partial charge in [-0.25, -0.2) is 9.18 Å². The molecule has 0 saturated heterocycles. The van der Waals surface area contributed by atoms with Crippen LogP contribution in [0.3, 0.4) is 0 Å². The summed E-state index contributed by atoms with van der Waals surface area (Å²) >= 11 is 0. The van der Waals surface area contributed by atoms with Crippen molar-refractivity contribution in [2.45, 2.75) is 26.2 Å². The number of rotatable bonds is 3. The van der Waals surface area contributed by atoms with E-state index < -0.39 is 12.1 Å². The van der Waals surface area contributed by atoms with Crippen molar-refractivity contribution in [3.63, 3.8) is 0 Å². The molecular formula is C11H15FO3. The van der Waals surface area contributed by atoms with Crippen molar-refractivity contribution in [2.24, 2.45) is 5.41 Å². The lowest BCUT2D eigenvalue weighted by molar-refractivity contribution is -0.137. The highest BCUT2D eigenvalue weighted by atomic mass is 19.1. The van der Waals surface area contributed by atoms with Crippen LogP contribution in [0.25, 0.3) is 0 Å². The second-order valence-corrected chi connectivity index (χ2v) is 3.90. The Kier molecular flexibility index (Phi) is 3.61. The van der Waals surface area contributed by atoms with E-state index in [-0.39, 0.29) is 11.8 Å². The summed E-state index contributed by atoms with van der Waals surface area (Å²) in [7, 11) is 1.31. The molecule has 0 heterocycles. The van der Waals surface area contributed by atoms with E-state index in [1.165, 1.54) is 14.0 Å². The number of Topliss-reactive ketones (excluding diaryl/α,β-unsaturated/α-hetero) is 1. The average Bonchev–Trinajstić information content (AvgIpc) is 2.28. The smallest absolute Gasteiger partial charge is 0.333 e. The molecule has 4 heteroatoms. The SMILES string of the molecule is COC(=O)C1=CCC(CF)(C(C)=O)CC1. The highest BCUT2D eigenvalue weighted by molar-refractivity contribution is 5.90. The molecule has 1 aliphatic rings. The number of ketones is 1. The first-order chi connectivity index (χ1) is 7.05. The fraction of sp³-hybridized carbons (Fsp3) is 0.636. The van der Waals surface area contributed by atoms with Crippen molar-refractivity contribution >= 4 is 11.8 Å². The molecule has 0 bridgehead atoms. The Balaban J connectivity index is 2.79. The van der Waals surface area contributed by atoms with E-state index in [0.29, 0.717) is 24.8 Å². The van der Waals surface area contributed by atoms with Gasteiger partial charge in [-0.3, -0.25) is 4.79 Å². The van der Waals surface area contributed by atoms with Gasteiger partial charge < -0.3 is 4.74 Å². The number of esters is 1. The first kappa shape index (κ1) is 11.9. The second kappa shape index (κ2) is 4.55. The molecule has 1 atom stereocenters. The first-order valence-electron chi connectivity index (χ1n) is 4.90. The Hall–Kier alpha value is -1.19. The van der Waals surface area contributed by atoms with Crippen LogP contribution < -0.4 is 0 Å². The zero-order valence-corrected chi connectivity index (χ0v) is 9.01. The minimum atomic E-state index is -0.905. The first-order valence-corrected chi connectivity index (χ1v) is 4.90. The van der Waals surface area contributed by atoms with Crippen LogP contribution in [0.2, 0.25) is 0 Å². The number of hydrogen-bond acceptors (Lipinski definition) is 3. The van der Waals surface area contributed by atoms with Crippen molar-refractivity contribution < 1.29 is 18.7 Å². The van der Waals surface area contributed by atoms with Crippen LogP contribution in [-0.2, 0) is 14.3 Å². The molecule has 1 rings (SSSR count). The molecule has 0 aromatic heterocycles. The van der Waals surface area contributed by atoms with Gasteiger partial charge in [-0.05, 0) is 26.2 Å². The third-order valence-electron chi connectivity index (χ3n) is 3.06. The van der Waals surface area contributed by atoms with Gasteiger partial charge in [-0.2, -0.15) is 0 Å². The number of halogens is 1. The Morgan fingerprint density at radius 3 is 2.60 bits per heavy atom. The minimum Gasteiger partial charge on any atom is -0.466 e. The maximum atomic E-state index is 12.8. The number of carbonyl (C=O) groups excluding carboxylic acids is 2. The normalized spacial score (nSPS) is 25.7. The van der Waals surface area contributed by atoms with Gasteiger partial charge in [0.2, 0.25) is 0 Å². The molecular weight excluding hydrogens is 199 g/mol. The van der Waals surface area contributed by atoms with Gasteiger partial charge in [0.1, 0.15) is 12.5 Å². The number of hydrogen-bond donors (Lipinski definition) is 0. The average molecular weight is 214 g/mol. The molecule has 15 heavy (non-hydrogen) atoms. The quantitative estimate of drug-likeness (QED) is 0.673. The summed E-state index contributed by atoms with van der Waals surface area (Å²) in [5.41, 5.74) is -0.361. The number of carbonyl (C=O) groups is 2. The fourth-order valence-corrected chi connectivity index (χ4v) is 1.75. The Labute approximate surface area is 88.3 Å². The predicted octanol–water partition coefficient (Wildman–Crippen LogP) is 1.81. The van der Waals surface area contributed by atoms with Gasteiger partial charge in [0.15, 0.2) is 0 Å². The fourth-order valence-electron chi connectivity index (χ4n) is 1.75. The highest BCUT2D eigenvalue weighted by Crippen LogP contribution is 2.37. The van der Waals surface area contributed by atoms with E-state index in [9.17, 15) is 14.0 Å². The summed E-state index contributed by atoms with van der Waals surface area (Å²) in [6, 6.07) is 0. The molecule has 0 aliphatic heterocycles. The van der Waals surface area contributed by atoms with Crippen LogP contribution in [0.1, 0.15) is 26.2 Å². The third kappa shape index (κ3) is 2.25. The Bertz CT molecular complexity index is 309. The monoisotopic (exact) mass is 214 g/mol. The minimum absolute atomic E-state index is 0.148. The summed E-state index contributed by atoms with van der Waals surface area (Å²) in [5.74, 6) is -0.531. The standard InChI is InChI=1S/C11H15FO3/c1-8(13)11(7-12)5-3-9(4-6-11)10(14)15-2/h3H,4-7H2,1-2H3. The Morgan fingerprint density at radius 2 is 2.27 bits per heavy atom. The number of allylic oxidation sites excluding steroid dienone is 1. The lowest BCUT2D eigenvalue weighted by Crippen LogP contribution is -2.34. The lowest BCUT2D eigenvalue weighted by atomic mass is 9.73. The number of alkyl halides is 1. The zero-order valence-electron chi connectivity index (χ0n) is 9.01. The third-order valence-corrected chi connectivity index (χ3v) is 3.06. The van der Waals surface area contributed by atoms with Gasteiger partial charge in [0, 0.05) is 5.57 Å². The van der Waals surface area contributed by atoms with Gasteiger partial charge in [0.05, 0.1) is 12.5 Å². The zero-order chi connectivity index (χ0) is 11.5. The van der Waals surface area contributed by atoms with Crippen molar-refractivity contribution in [3.8, 4) is 0 Å². The predicted molar refractivity (Wildman–Crippen MR) is 53.0 cm³/mol. The van der Waals surface area contributed by atoms with Crippen LogP contribution in [0.4, 0.5) is 4.39 Å². The molecule has 0 spiro atoms. The maximum absolute atomic E-state index is 12.8. The molecule has 0 saturated carbocycles. The van der Waals surface area contributed by atoms with E-state index in [1.54, 1.807) is 6.08 Å². The summed E-state index contributed by atoms with van der Waals surface area (Å²) in [6.07, 6.45) is 2.72. The molecule has 0 amide bonds. The highest BCUT2D eigenvalue weighted by Gasteiger charge is 2.37. The van der Waals surface area contributed by atoms with E-state index in [1.807, 2.05) is 0 Å². The summed E-state index contributed by atoms with van der Waals surface area (Å²) in [4.78, 5) is 22.5. The van der Waals surface area contributed by atoms with Crippen LogP contribution in [0.15, 0.2) is 11.6 Å². The Morgan fingerprint density at radius 1 is 1.60 bits per heavy atom. The molecule has 3 nitrogen and oxygen atoms in total. The molecule has 0 aromatic carbocycles. The molecule has 1 unspecified atom stereocenters. The maximum Gasteiger partial charge on any atom is 0.333 e. The van der Waals surface area contributed by atoms with Gasteiger partial charge in [-0.1, -0.05) is 6.08 Å². The van der Waals surface area contributed by atoms with Crippen LogP contribution in [0, 0.1) is 5.41 Å². The molecule has 84 valence electrons. The van der Waals surface area contributed by atoms with Gasteiger partial charge in [0.25, 0.3) is 0 Å². The number of methoxy groups -OCH3 is 1. The van der Waals surface area contributed by atoms with Crippen molar-refractivity contribution in [1.29, 1.82) is 0 Å². The molecule has 0 aromatic rings. The van der Waals surface area contributed by atoms with Gasteiger partial charge >= 0.3 is 5.97 Å². The van der Waals surface area contributed by atoms with Gasteiger partial charge in [-0.15, -0.1) is 0 Å². The van der Waals surface area contributed by atoms with E-state index >= 15 is 0 Å². The van der Waals surface area contributed by atoms with Crippen molar-refractivity contribution in [2.75, 3.05) is 13.8 Å². The summed E-state index contributed by atoms with van der Waals surface area (Å²) in [6.45, 7) is 0.740. The lowest BCUT2D eigenvalue weighted by Gasteiger charge is -2.30. The van der Waals surface area contributed by atoms with E-state index in [0.717, 1.165) is 0 Å². The molecule has 1 aliphatic carbocycles. The summed E-state index contributed by atoms with van der Waals surface area (Å²) < 4.78 is 17.4. The second-order valence-electron chi connectivity index (χ2n) is 3.90. The molecule has 0 N–H and O–H groups in total. The van der Waals surface area contributed by atoms with Crippen molar-refractivity contribution in [3.05, 3.63) is 11.6 Å². The van der Waals surface area contributed by atoms with Crippen molar-refractivity contribution in [1.82, 2.24) is 0 Å². The summed E-state index contributed by atoms with van der Waals surface area (Å²) in [5, 5.41) is 0. The van der Waals surface area contributed by atoms with E-state index in [4.69, 9.17) is 0 Å². The topological polar surface area (TPSA) is 43.4 Å². The van der Waals surface area contributed by atoms with Crippen LogP contribution in [0.5, 0.6) is 0 Å². The number of ether oxygens (including phenoxy) is 1. The van der Waals surface area contributed by atoms with Crippen LogP contribution >= 0.6 is 0 Å². The van der Waals surface area contributed by atoms with E-state index in [2.05, 4.69) is 4.74 Å². The molecule has 0 fully saturated rings. The molecule has 0 radical (unpaired) electrons.